The predicted octanol–water partition coefficient (Wildman–Crippen LogP) is 4.60. The Morgan fingerprint density at radius 3 is 2.36 bits per heavy atom. The molecule has 1 unspecified atom stereocenters. The first-order valence-corrected chi connectivity index (χ1v) is 8.30. The Bertz CT molecular complexity index is 926. The van der Waals surface area contributed by atoms with Crippen LogP contribution < -0.4 is 0 Å². The average molecular weight is 337 g/mol. The molecule has 0 saturated carbocycles. The number of rotatable bonds is 2. The Labute approximate surface area is 144 Å². The molecule has 1 aromatic heterocycles. The van der Waals surface area contributed by atoms with Gasteiger partial charge in [-0.2, -0.15) is 0 Å². The van der Waals surface area contributed by atoms with Gasteiger partial charge in [0.2, 0.25) is 0 Å². The maximum absolute atomic E-state index is 13.5. The molecule has 1 aliphatic rings. The van der Waals surface area contributed by atoms with Crippen molar-refractivity contribution < 1.29 is 13.9 Å². The first-order chi connectivity index (χ1) is 12.1. The third-order valence-corrected chi connectivity index (χ3v) is 4.95. The number of halogens is 2. The van der Waals surface area contributed by atoms with Gasteiger partial charge in [0, 0.05) is 12.4 Å². The van der Waals surface area contributed by atoms with E-state index in [1.807, 2.05) is 30.3 Å². The molecule has 1 aliphatic carbocycles. The quantitative estimate of drug-likeness (QED) is 0.741. The van der Waals surface area contributed by atoms with Gasteiger partial charge in [-0.15, -0.1) is 0 Å². The molecule has 0 radical (unpaired) electrons. The van der Waals surface area contributed by atoms with Gasteiger partial charge in [-0.3, -0.25) is 4.98 Å². The highest BCUT2D eigenvalue weighted by molar-refractivity contribution is 5.66. The predicted molar refractivity (Wildman–Crippen MR) is 92.0 cm³/mol. The van der Waals surface area contributed by atoms with Crippen molar-refractivity contribution in [1.82, 2.24) is 4.98 Å². The molecule has 0 saturated heterocycles. The number of benzene rings is 2. The molecular formula is C21H17F2NO. The van der Waals surface area contributed by atoms with Gasteiger partial charge in [-0.25, -0.2) is 8.78 Å². The molecule has 3 aromatic rings. The van der Waals surface area contributed by atoms with Crippen LogP contribution in [-0.4, -0.2) is 10.1 Å². The molecule has 2 aromatic carbocycles. The van der Waals surface area contributed by atoms with Crippen molar-refractivity contribution in [3.63, 3.8) is 0 Å². The zero-order valence-electron chi connectivity index (χ0n) is 13.5. The maximum Gasteiger partial charge on any atom is 0.159 e. The summed E-state index contributed by atoms with van der Waals surface area (Å²) >= 11 is 0. The van der Waals surface area contributed by atoms with E-state index in [2.05, 4.69) is 4.98 Å². The van der Waals surface area contributed by atoms with Crippen LogP contribution in [0.2, 0.25) is 0 Å². The monoisotopic (exact) mass is 337 g/mol. The summed E-state index contributed by atoms with van der Waals surface area (Å²) in [5.41, 5.74) is 3.13. The van der Waals surface area contributed by atoms with Crippen molar-refractivity contribution in [3.8, 4) is 11.1 Å². The summed E-state index contributed by atoms with van der Waals surface area (Å²) < 4.78 is 26.7. The van der Waals surface area contributed by atoms with Crippen molar-refractivity contribution in [2.75, 3.05) is 0 Å². The van der Waals surface area contributed by atoms with Gasteiger partial charge in [0.15, 0.2) is 11.6 Å². The zero-order valence-corrected chi connectivity index (χ0v) is 13.5. The van der Waals surface area contributed by atoms with Gasteiger partial charge in [-0.05, 0) is 71.3 Å². The number of aliphatic hydroxyl groups is 1. The summed E-state index contributed by atoms with van der Waals surface area (Å²) in [6.45, 7) is 0. The van der Waals surface area contributed by atoms with Crippen molar-refractivity contribution >= 4 is 0 Å². The fraction of sp³-hybridized carbons (Fsp3) is 0.190. The fourth-order valence-electron chi connectivity index (χ4n) is 3.66. The standard InChI is InChI=1S/C21H17F2NO/c22-19-6-4-15(13-20(19)23)14-3-5-18-16(12-14)2-1-9-21(18,25)17-7-10-24-11-8-17/h3-8,10-13,25H,1-2,9H2. The molecule has 0 spiro atoms. The third kappa shape index (κ3) is 2.72. The minimum atomic E-state index is -1.04. The van der Waals surface area contributed by atoms with Crippen LogP contribution in [0, 0.1) is 11.6 Å². The minimum absolute atomic E-state index is 0.625. The highest BCUT2D eigenvalue weighted by Crippen LogP contribution is 2.41. The molecule has 1 atom stereocenters. The lowest BCUT2D eigenvalue weighted by molar-refractivity contribution is 0.0615. The van der Waals surface area contributed by atoms with Gasteiger partial charge < -0.3 is 5.11 Å². The highest BCUT2D eigenvalue weighted by atomic mass is 19.2. The van der Waals surface area contributed by atoms with Crippen LogP contribution in [0.3, 0.4) is 0 Å². The lowest BCUT2D eigenvalue weighted by Crippen LogP contribution is -2.31. The SMILES string of the molecule is OC1(c2ccncc2)CCCc2cc(-c3ccc(F)c(F)c3)ccc21. The minimum Gasteiger partial charge on any atom is -0.380 e. The van der Waals surface area contributed by atoms with Crippen LogP contribution in [0.1, 0.15) is 29.5 Å². The second-order valence-electron chi connectivity index (χ2n) is 6.45. The van der Waals surface area contributed by atoms with Gasteiger partial charge in [-0.1, -0.05) is 24.3 Å². The van der Waals surface area contributed by atoms with E-state index in [1.54, 1.807) is 18.5 Å². The number of nitrogens with zero attached hydrogens (tertiary/aromatic N) is 1. The smallest absolute Gasteiger partial charge is 0.159 e. The molecule has 4 heteroatoms. The summed E-state index contributed by atoms with van der Waals surface area (Å²) in [6, 6.07) is 13.3. The number of pyridine rings is 1. The summed E-state index contributed by atoms with van der Waals surface area (Å²) in [4.78, 5) is 4.02. The van der Waals surface area contributed by atoms with E-state index in [-0.39, 0.29) is 0 Å². The Morgan fingerprint density at radius 2 is 1.60 bits per heavy atom. The molecule has 4 rings (SSSR count). The zero-order chi connectivity index (χ0) is 17.4. The molecule has 2 nitrogen and oxygen atoms in total. The molecular weight excluding hydrogens is 320 g/mol. The summed E-state index contributed by atoms with van der Waals surface area (Å²) in [7, 11) is 0. The van der Waals surface area contributed by atoms with Gasteiger partial charge in [0.1, 0.15) is 5.60 Å². The molecule has 1 N–H and O–H groups in total. The van der Waals surface area contributed by atoms with Crippen molar-refractivity contribution in [2.24, 2.45) is 0 Å². The Kier molecular flexibility index (Phi) is 3.85. The maximum atomic E-state index is 13.5. The lowest BCUT2D eigenvalue weighted by atomic mass is 9.74. The van der Waals surface area contributed by atoms with E-state index in [0.29, 0.717) is 12.0 Å². The molecule has 0 bridgehead atoms. The number of aryl methyl sites for hydroxylation is 1. The average Bonchev–Trinajstić information content (AvgIpc) is 2.64. The van der Waals surface area contributed by atoms with Crippen LogP contribution in [0.25, 0.3) is 11.1 Å². The molecule has 0 fully saturated rings. The van der Waals surface area contributed by atoms with E-state index in [4.69, 9.17) is 0 Å². The molecule has 126 valence electrons. The second kappa shape index (κ2) is 6.05. The Morgan fingerprint density at radius 1 is 0.880 bits per heavy atom. The number of aromatic nitrogens is 1. The summed E-state index contributed by atoms with van der Waals surface area (Å²) in [6.07, 6.45) is 5.70. The molecule has 0 aliphatic heterocycles. The first kappa shape index (κ1) is 15.9. The highest BCUT2D eigenvalue weighted by Gasteiger charge is 2.36. The van der Waals surface area contributed by atoms with Crippen LogP contribution in [0.5, 0.6) is 0 Å². The molecule has 1 heterocycles. The van der Waals surface area contributed by atoms with Crippen LogP contribution in [0.15, 0.2) is 60.9 Å². The van der Waals surface area contributed by atoms with E-state index < -0.39 is 17.2 Å². The Hall–Kier alpha value is -2.59. The van der Waals surface area contributed by atoms with Crippen LogP contribution in [-0.2, 0) is 12.0 Å². The molecule has 0 amide bonds. The van der Waals surface area contributed by atoms with E-state index in [1.165, 1.54) is 6.07 Å². The Balaban J connectivity index is 1.79. The number of hydrogen-bond donors (Lipinski definition) is 1. The van der Waals surface area contributed by atoms with E-state index in [0.717, 1.165) is 41.2 Å². The lowest BCUT2D eigenvalue weighted by Gasteiger charge is -2.35. The van der Waals surface area contributed by atoms with E-state index in [9.17, 15) is 13.9 Å². The van der Waals surface area contributed by atoms with Gasteiger partial charge >= 0.3 is 0 Å². The second-order valence-corrected chi connectivity index (χ2v) is 6.45. The van der Waals surface area contributed by atoms with Crippen LogP contribution >= 0.6 is 0 Å². The fourth-order valence-corrected chi connectivity index (χ4v) is 3.66. The van der Waals surface area contributed by atoms with Crippen molar-refractivity contribution in [2.45, 2.75) is 24.9 Å². The number of hydrogen-bond acceptors (Lipinski definition) is 2. The van der Waals surface area contributed by atoms with Gasteiger partial charge in [0.05, 0.1) is 0 Å². The van der Waals surface area contributed by atoms with Crippen LogP contribution in [0.4, 0.5) is 8.78 Å². The summed E-state index contributed by atoms with van der Waals surface area (Å²) in [5.74, 6) is -1.71. The normalized spacial score (nSPS) is 19.5. The van der Waals surface area contributed by atoms with E-state index >= 15 is 0 Å². The third-order valence-electron chi connectivity index (χ3n) is 4.95. The largest absolute Gasteiger partial charge is 0.380 e. The van der Waals surface area contributed by atoms with Crippen molar-refractivity contribution in [3.05, 3.63) is 89.2 Å². The van der Waals surface area contributed by atoms with Crippen molar-refractivity contribution in [1.29, 1.82) is 0 Å². The first-order valence-electron chi connectivity index (χ1n) is 8.30. The topological polar surface area (TPSA) is 33.1 Å². The summed E-state index contributed by atoms with van der Waals surface area (Å²) in [5, 5.41) is 11.3. The molecule has 25 heavy (non-hydrogen) atoms. The van der Waals surface area contributed by atoms with Gasteiger partial charge in [0.25, 0.3) is 0 Å². The number of fused-ring (bicyclic) bond motifs is 1.